The molecule has 0 radical (unpaired) electrons. The van der Waals surface area contributed by atoms with Crippen molar-refractivity contribution in [3.63, 3.8) is 0 Å². The standard InChI is InChI=1S/C31H38N2O6S/c1-5-37-26-19-22(9-14-25(26)39-18-17-38-24-12-10-23(11-13-24)31(2,3)4)20-27-29(35)33(30(36)40-27)21-28(34)32-15-7-6-8-16-32/h9-14,19-20H,5-8,15-18,21H2,1-4H3/b27-20-. The van der Waals surface area contributed by atoms with Crippen LogP contribution in [0.15, 0.2) is 47.4 Å². The fourth-order valence-corrected chi connectivity index (χ4v) is 5.37. The van der Waals surface area contributed by atoms with E-state index in [9.17, 15) is 14.4 Å². The highest BCUT2D eigenvalue weighted by Gasteiger charge is 2.37. The summed E-state index contributed by atoms with van der Waals surface area (Å²) in [5, 5.41) is -0.431. The van der Waals surface area contributed by atoms with Gasteiger partial charge in [-0.15, -0.1) is 0 Å². The summed E-state index contributed by atoms with van der Waals surface area (Å²) in [7, 11) is 0. The third-order valence-corrected chi connectivity index (χ3v) is 7.68. The molecule has 214 valence electrons. The van der Waals surface area contributed by atoms with Crippen LogP contribution in [0.5, 0.6) is 17.2 Å². The van der Waals surface area contributed by atoms with E-state index in [4.69, 9.17) is 14.2 Å². The monoisotopic (exact) mass is 566 g/mol. The van der Waals surface area contributed by atoms with Crippen LogP contribution in [0.25, 0.3) is 6.08 Å². The minimum absolute atomic E-state index is 0.0873. The minimum Gasteiger partial charge on any atom is -0.490 e. The number of carbonyl (C=O) groups excluding carboxylic acids is 3. The summed E-state index contributed by atoms with van der Waals surface area (Å²) in [6, 6.07) is 13.4. The Bertz CT molecular complexity index is 1250. The second-order valence-corrected chi connectivity index (χ2v) is 11.8. The number of benzene rings is 2. The number of carbonyl (C=O) groups is 3. The molecule has 0 N–H and O–H groups in total. The molecule has 40 heavy (non-hydrogen) atoms. The molecule has 2 aliphatic rings. The lowest BCUT2D eigenvalue weighted by molar-refractivity contribution is -0.136. The molecule has 0 aromatic heterocycles. The molecular weight excluding hydrogens is 528 g/mol. The molecule has 0 spiro atoms. The fraction of sp³-hybridized carbons (Fsp3) is 0.452. The van der Waals surface area contributed by atoms with Gasteiger partial charge in [0.1, 0.15) is 25.5 Å². The lowest BCUT2D eigenvalue weighted by atomic mass is 9.87. The van der Waals surface area contributed by atoms with Crippen molar-refractivity contribution in [2.24, 2.45) is 0 Å². The van der Waals surface area contributed by atoms with Gasteiger partial charge < -0.3 is 19.1 Å². The number of hydrogen-bond acceptors (Lipinski definition) is 7. The van der Waals surface area contributed by atoms with Crippen molar-refractivity contribution in [3.05, 3.63) is 58.5 Å². The molecule has 0 bridgehead atoms. The first-order chi connectivity index (χ1) is 19.2. The quantitative estimate of drug-likeness (QED) is 0.262. The number of likely N-dealkylation sites (tertiary alicyclic amines) is 1. The second kappa shape index (κ2) is 13.3. The van der Waals surface area contributed by atoms with Crippen molar-refractivity contribution in [3.8, 4) is 17.2 Å². The van der Waals surface area contributed by atoms with E-state index in [0.29, 0.717) is 50.0 Å². The highest BCUT2D eigenvalue weighted by Crippen LogP contribution is 2.35. The Labute approximate surface area is 240 Å². The first-order valence-electron chi connectivity index (χ1n) is 13.8. The van der Waals surface area contributed by atoms with E-state index in [1.54, 1.807) is 29.2 Å². The van der Waals surface area contributed by atoms with Crippen molar-refractivity contribution in [2.45, 2.75) is 52.4 Å². The van der Waals surface area contributed by atoms with E-state index in [1.807, 2.05) is 19.1 Å². The zero-order chi connectivity index (χ0) is 28.7. The zero-order valence-corrected chi connectivity index (χ0v) is 24.6. The number of rotatable bonds is 10. The van der Waals surface area contributed by atoms with Gasteiger partial charge in [-0.25, -0.2) is 0 Å². The average molecular weight is 567 g/mol. The number of thioether (sulfide) groups is 1. The largest absolute Gasteiger partial charge is 0.490 e. The van der Waals surface area contributed by atoms with Crippen LogP contribution in [0, 0.1) is 0 Å². The smallest absolute Gasteiger partial charge is 0.294 e. The molecule has 2 aliphatic heterocycles. The van der Waals surface area contributed by atoms with Gasteiger partial charge in [0.25, 0.3) is 11.1 Å². The summed E-state index contributed by atoms with van der Waals surface area (Å²) in [6.45, 7) is 10.7. The molecule has 8 nitrogen and oxygen atoms in total. The van der Waals surface area contributed by atoms with E-state index in [0.717, 1.165) is 41.7 Å². The molecule has 0 atom stereocenters. The van der Waals surface area contributed by atoms with E-state index in [2.05, 4.69) is 32.9 Å². The predicted octanol–water partition coefficient (Wildman–Crippen LogP) is 5.89. The molecule has 0 unspecified atom stereocenters. The first-order valence-corrected chi connectivity index (χ1v) is 14.6. The lowest BCUT2D eigenvalue weighted by Gasteiger charge is -2.27. The highest BCUT2D eigenvalue weighted by atomic mass is 32.2. The maximum absolute atomic E-state index is 13.0. The minimum atomic E-state index is -0.452. The molecule has 3 amide bonds. The van der Waals surface area contributed by atoms with Gasteiger partial charge in [0.05, 0.1) is 11.5 Å². The van der Waals surface area contributed by atoms with Crippen LogP contribution < -0.4 is 14.2 Å². The SMILES string of the molecule is CCOc1cc(/C=C2\SC(=O)N(CC(=O)N3CCCCC3)C2=O)ccc1OCCOc1ccc(C(C)(C)C)cc1. The summed E-state index contributed by atoms with van der Waals surface area (Å²) in [5.41, 5.74) is 2.02. The number of piperidine rings is 1. The number of nitrogens with zero attached hydrogens (tertiary/aromatic N) is 2. The van der Waals surface area contributed by atoms with E-state index >= 15 is 0 Å². The summed E-state index contributed by atoms with van der Waals surface area (Å²) in [5.74, 6) is 1.24. The van der Waals surface area contributed by atoms with E-state index in [-0.39, 0.29) is 22.8 Å². The fourth-order valence-electron chi connectivity index (χ4n) is 4.53. The van der Waals surface area contributed by atoms with Crippen LogP contribution in [0.4, 0.5) is 4.79 Å². The molecule has 2 heterocycles. The Morgan fingerprint density at radius 2 is 1.62 bits per heavy atom. The Morgan fingerprint density at radius 3 is 2.30 bits per heavy atom. The van der Waals surface area contributed by atoms with Crippen molar-refractivity contribution in [1.82, 2.24) is 9.80 Å². The normalized spacial score (nSPS) is 16.9. The Hall–Kier alpha value is -3.46. The Kier molecular flexibility index (Phi) is 9.79. The third kappa shape index (κ3) is 7.59. The van der Waals surface area contributed by atoms with Crippen LogP contribution >= 0.6 is 11.8 Å². The molecule has 2 fully saturated rings. The number of amides is 3. The zero-order valence-electron chi connectivity index (χ0n) is 23.7. The molecule has 0 saturated carbocycles. The van der Waals surface area contributed by atoms with Crippen LogP contribution in [-0.2, 0) is 15.0 Å². The van der Waals surface area contributed by atoms with Gasteiger partial charge in [-0.3, -0.25) is 19.3 Å². The molecule has 2 aromatic carbocycles. The summed E-state index contributed by atoms with van der Waals surface area (Å²) in [4.78, 5) is 41.1. The highest BCUT2D eigenvalue weighted by molar-refractivity contribution is 8.18. The molecule has 2 aromatic rings. The van der Waals surface area contributed by atoms with Crippen molar-refractivity contribution < 1.29 is 28.6 Å². The molecule has 9 heteroatoms. The lowest BCUT2D eigenvalue weighted by Crippen LogP contribution is -2.44. The van der Waals surface area contributed by atoms with Crippen LogP contribution in [0.3, 0.4) is 0 Å². The van der Waals surface area contributed by atoms with E-state index < -0.39 is 11.1 Å². The average Bonchev–Trinajstić information content (AvgIpc) is 3.19. The Balaban J connectivity index is 1.35. The van der Waals surface area contributed by atoms with Gasteiger partial charge in [0, 0.05) is 13.1 Å². The second-order valence-electron chi connectivity index (χ2n) is 10.8. The molecule has 4 rings (SSSR count). The van der Waals surface area contributed by atoms with Crippen molar-refractivity contribution >= 4 is 34.9 Å². The van der Waals surface area contributed by atoms with Crippen molar-refractivity contribution in [1.29, 1.82) is 0 Å². The van der Waals surface area contributed by atoms with Gasteiger partial charge >= 0.3 is 0 Å². The van der Waals surface area contributed by atoms with Gasteiger partial charge in [-0.1, -0.05) is 39.0 Å². The molecule has 2 saturated heterocycles. The Morgan fingerprint density at radius 1 is 0.925 bits per heavy atom. The van der Waals surface area contributed by atoms with Gasteiger partial charge in [-0.2, -0.15) is 0 Å². The summed E-state index contributed by atoms with van der Waals surface area (Å²) < 4.78 is 17.5. The number of hydrogen-bond donors (Lipinski definition) is 0. The van der Waals surface area contributed by atoms with Gasteiger partial charge in [0.15, 0.2) is 11.5 Å². The number of imide groups is 1. The van der Waals surface area contributed by atoms with Gasteiger partial charge in [-0.05, 0) is 84.8 Å². The molecule has 0 aliphatic carbocycles. The predicted molar refractivity (Wildman–Crippen MR) is 157 cm³/mol. The first kappa shape index (κ1) is 29.5. The van der Waals surface area contributed by atoms with Gasteiger partial charge in [0.2, 0.25) is 5.91 Å². The van der Waals surface area contributed by atoms with Crippen LogP contribution in [0.2, 0.25) is 0 Å². The topological polar surface area (TPSA) is 85.4 Å². The summed E-state index contributed by atoms with van der Waals surface area (Å²) >= 11 is 0.845. The van der Waals surface area contributed by atoms with Crippen LogP contribution in [-0.4, -0.2) is 66.3 Å². The maximum Gasteiger partial charge on any atom is 0.294 e. The third-order valence-electron chi connectivity index (χ3n) is 6.77. The summed E-state index contributed by atoms with van der Waals surface area (Å²) in [6.07, 6.45) is 4.65. The molecular formula is C31H38N2O6S. The van der Waals surface area contributed by atoms with Crippen LogP contribution in [0.1, 0.15) is 58.1 Å². The maximum atomic E-state index is 13.0. The number of ether oxygens (including phenoxy) is 3. The van der Waals surface area contributed by atoms with E-state index in [1.165, 1.54) is 5.56 Å². The van der Waals surface area contributed by atoms with Crippen molar-refractivity contribution in [2.75, 3.05) is 39.5 Å².